The van der Waals surface area contributed by atoms with Crippen LogP contribution in [-0.2, 0) is 6.54 Å². The number of aromatic hydroxyl groups is 1. The lowest BCUT2D eigenvalue weighted by atomic mass is 10.2. The van der Waals surface area contributed by atoms with Crippen molar-refractivity contribution < 1.29 is 14.4 Å². The summed E-state index contributed by atoms with van der Waals surface area (Å²) in [6.45, 7) is 0.296. The van der Waals surface area contributed by atoms with E-state index in [1.54, 1.807) is 12.1 Å². The summed E-state index contributed by atoms with van der Waals surface area (Å²) < 4.78 is 13.1. The fourth-order valence-electron chi connectivity index (χ4n) is 1.62. The summed E-state index contributed by atoms with van der Waals surface area (Å²) in [7, 11) is 0. The van der Waals surface area contributed by atoms with Crippen LogP contribution in [0.3, 0.4) is 0 Å². The molecule has 0 aliphatic carbocycles. The predicted molar refractivity (Wildman–Crippen MR) is 68.5 cm³/mol. The first kappa shape index (κ1) is 12.8. The summed E-state index contributed by atoms with van der Waals surface area (Å²) in [4.78, 5) is 10.2. The highest BCUT2D eigenvalue weighted by Crippen LogP contribution is 2.25. The minimum absolute atomic E-state index is 0.123. The van der Waals surface area contributed by atoms with Crippen LogP contribution >= 0.6 is 0 Å². The van der Waals surface area contributed by atoms with Gasteiger partial charge in [-0.1, -0.05) is 12.1 Å². The molecule has 19 heavy (non-hydrogen) atoms. The van der Waals surface area contributed by atoms with Gasteiger partial charge in [0.15, 0.2) is 0 Å². The predicted octanol–water partition coefficient (Wildman–Crippen LogP) is 3.05. The molecule has 2 N–H and O–H groups in total. The van der Waals surface area contributed by atoms with Crippen molar-refractivity contribution in [1.29, 1.82) is 0 Å². The van der Waals surface area contributed by atoms with Gasteiger partial charge in [-0.3, -0.25) is 10.1 Å². The van der Waals surface area contributed by atoms with E-state index < -0.39 is 10.7 Å². The SMILES string of the molecule is O=[N+]([O-])c1ccc(F)cc1NCc1ccc(O)cc1. The van der Waals surface area contributed by atoms with E-state index in [1.165, 1.54) is 12.1 Å². The molecule has 0 fully saturated rings. The highest BCUT2D eigenvalue weighted by molar-refractivity contribution is 5.61. The van der Waals surface area contributed by atoms with Crippen molar-refractivity contribution in [2.75, 3.05) is 5.32 Å². The third-order valence-electron chi connectivity index (χ3n) is 2.57. The van der Waals surface area contributed by atoms with Gasteiger partial charge in [0.2, 0.25) is 0 Å². The number of hydrogen-bond donors (Lipinski definition) is 2. The Bertz CT molecular complexity index is 599. The molecular weight excluding hydrogens is 251 g/mol. The molecule has 0 bridgehead atoms. The molecule has 0 saturated heterocycles. The molecule has 2 aromatic carbocycles. The third-order valence-corrected chi connectivity index (χ3v) is 2.57. The molecule has 5 nitrogen and oxygen atoms in total. The number of nitro benzene ring substituents is 1. The number of rotatable bonds is 4. The Labute approximate surface area is 108 Å². The minimum Gasteiger partial charge on any atom is -0.508 e. The lowest BCUT2D eigenvalue weighted by Crippen LogP contribution is -2.03. The van der Waals surface area contributed by atoms with Crippen molar-refractivity contribution in [1.82, 2.24) is 0 Å². The monoisotopic (exact) mass is 262 g/mol. The Balaban J connectivity index is 2.16. The van der Waals surface area contributed by atoms with E-state index in [0.29, 0.717) is 6.54 Å². The second kappa shape index (κ2) is 5.34. The Hall–Kier alpha value is -2.63. The highest BCUT2D eigenvalue weighted by atomic mass is 19.1. The maximum absolute atomic E-state index is 13.1. The van der Waals surface area contributed by atoms with Crippen molar-refractivity contribution in [3.8, 4) is 5.75 Å². The Morgan fingerprint density at radius 1 is 1.21 bits per heavy atom. The van der Waals surface area contributed by atoms with Crippen molar-refractivity contribution >= 4 is 11.4 Å². The van der Waals surface area contributed by atoms with E-state index in [-0.39, 0.29) is 17.1 Å². The van der Waals surface area contributed by atoms with Gasteiger partial charge < -0.3 is 10.4 Å². The number of hydrogen-bond acceptors (Lipinski definition) is 4. The third kappa shape index (κ3) is 3.19. The molecule has 0 aliphatic rings. The topological polar surface area (TPSA) is 75.4 Å². The largest absolute Gasteiger partial charge is 0.508 e. The maximum atomic E-state index is 13.1. The second-order valence-electron chi connectivity index (χ2n) is 3.94. The molecule has 0 unspecified atom stereocenters. The summed E-state index contributed by atoms with van der Waals surface area (Å²) in [5.74, 6) is -0.403. The number of anilines is 1. The molecule has 0 amide bonds. The van der Waals surface area contributed by atoms with Gasteiger partial charge >= 0.3 is 0 Å². The van der Waals surface area contributed by atoms with E-state index in [4.69, 9.17) is 5.11 Å². The molecule has 98 valence electrons. The van der Waals surface area contributed by atoms with Gasteiger partial charge in [-0.25, -0.2) is 4.39 Å². The number of phenolic OH excluding ortho intramolecular Hbond substituents is 1. The molecular formula is C13H11FN2O3. The zero-order chi connectivity index (χ0) is 13.8. The molecule has 0 saturated carbocycles. The summed E-state index contributed by atoms with van der Waals surface area (Å²) in [5, 5.41) is 22.7. The van der Waals surface area contributed by atoms with Crippen molar-refractivity contribution in [2.24, 2.45) is 0 Å². The molecule has 2 aromatic rings. The van der Waals surface area contributed by atoms with Gasteiger partial charge in [0.25, 0.3) is 5.69 Å². The average Bonchev–Trinajstić information content (AvgIpc) is 2.38. The molecule has 0 aliphatic heterocycles. The van der Waals surface area contributed by atoms with Crippen LogP contribution in [-0.4, -0.2) is 10.0 Å². The van der Waals surface area contributed by atoms with Crippen LogP contribution in [0.15, 0.2) is 42.5 Å². The fraction of sp³-hybridized carbons (Fsp3) is 0.0769. The second-order valence-corrected chi connectivity index (χ2v) is 3.94. The first-order valence-corrected chi connectivity index (χ1v) is 5.52. The number of benzene rings is 2. The first-order chi connectivity index (χ1) is 9.06. The van der Waals surface area contributed by atoms with Crippen LogP contribution in [0.1, 0.15) is 5.56 Å². The van der Waals surface area contributed by atoms with Gasteiger partial charge in [-0.15, -0.1) is 0 Å². The van der Waals surface area contributed by atoms with Crippen LogP contribution in [0.2, 0.25) is 0 Å². The van der Waals surface area contributed by atoms with Crippen LogP contribution in [0.4, 0.5) is 15.8 Å². The fourth-order valence-corrected chi connectivity index (χ4v) is 1.62. The summed E-state index contributed by atoms with van der Waals surface area (Å²) >= 11 is 0. The number of nitro groups is 1. The maximum Gasteiger partial charge on any atom is 0.292 e. The van der Waals surface area contributed by atoms with E-state index in [1.807, 2.05) is 0 Å². The Morgan fingerprint density at radius 2 is 1.89 bits per heavy atom. The lowest BCUT2D eigenvalue weighted by molar-refractivity contribution is -0.384. The van der Waals surface area contributed by atoms with Gasteiger partial charge in [0, 0.05) is 18.7 Å². The number of nitrogens with one attached hydrogen (secondary N) is 1. The molecule has 0 radical (unpaired) electrons. The van der Waals surface area contributed by atoms with Gasteiger partial charge in [-0.05, 0) is 23.8 Å². The van der Waals surface area contributed by atoms with E-state index in [9.17, 15) is 14.5 Å². The first-order valence-electron chi connectivity index (χ1n) is 5.52. The highest BCUT2D eigenvalue weighted by Gasteiger charge is 2.13. The number of nitrogens with zero attached hydrogens (tertiary/aromatic N) is 1. The van der Waals surface area contributed by atoms with Crippen LogP contribution in [0.25, 0.3) is 0 Å². The zero-order valence-electron chi connectivity index (χ0n) is 9.84. The minimum atomic E-state index is -0.571. The average molecular weight is 262 g/mol. The van der Waals surface area contributed by atoms with E-state index in [2.05, 4.69) is 5.32 Å². The normalized spacial score (nSPS) is 10.2. The zero-order valence-corrected chi connectivity index (χ0v) is 9.84. The Kier molecular flexibility index (Phi) is 3.61. The molecule has 0 atom stereocenters. The van der Waals surface area contributed by atoms with Crippen molar-refractivity contribution in [2.45, 2.75) is 6.54 Å². The quantitative estimate of drug-likeness (QED) is 0.656. The molecule has 2 rings (SSSR count). The van der Waals surface area contributed by atoms with Gasteiger partial charge in [0.05, 0.1) is 4.92 Å². The molecule has 0 heterocycles. The molecule has 0 spiro atoms. The van der Waals surface area contributed by atoms with Crippen LogP contribution in [0, 0.1) is 15.9 Å². The molecule has 0 aromatic heterocycles. The van der Waals surface area contributed by atoms with Gasteiger partial charge in [-0.2, -0.15) is 0 Å². The number of phenols is 1. The van der Waals surface area contributed by atoms with Crippen LogP contribution in [0.5, 0.6) is 5.75 Å². The van der Waals surface area contributed by atoms with Gasteiger partial charge in [0.1, 0.15) is 17.3 Å². The van der Waals surface area contributed by atoms with Crippen molar-refractivity contribution in [3.05, 3.63) is 64.0 Å². The van der Waals surface area contributed by atoms with E-state index >= 15 is 0 Å². The smallest absolute Gasteiger partial charge is 0.292 e. The summed E-state index contributed by atoms with van der Waals surface area (Å²) in [6, 6.07) is 9.62. The standard InChI is InChI=1S/C13H11FN2O3/c14-10-3-6-13(16(18)19)12(7-10)15-8-9-1-4-11(17)5-2-9/h1-7,15,17H,8H2. The van der Waals surface area contributed by atoms with Crippen LogP contribution < -0.4 is 5.32 Å². The van der Waals surface area contributed by atoms with E-state index in [0.717, 1.165) is 23.8 Å². The lowest BCUT2D eigenvalue weighted by Gasteiger charge is -2.07. The van der Waals surface area contributed by atoms with Crippen molar-refractivity contribution in [3.63, 3.8) is 0 Å². The number of halogens is 1. The summed E-state index contributed by atoms with van der Waals surface area (Å²) in [6.07, 6.45) is 0. The summed E-state index contributed by atoms with van der Waals surface area (Å²) in [5.41, 5.74) is 0.759. The Morgan fingerprint density at radius 3 is 2.53 bits per heavy atom. The molecule has 6 heteroatoms.